The fourth-order valence-electron chi connectivity index (χ4n) is 3.38. The number of carbonyl (C=O) groups is 2. The van der Waals surface area contributed by atoms with Crippen LogP contribution in [0.15, 0.2) is 54.6 Å². The number of hydrogen-bond acceptors (Lipinski definition) is 2. The zero-order valence-corrected chi connectivity index (χ0v) is 18.7. The van der Waals surface area contributed by atoms with E-state index in [2.05, 4.69) is 70.5 Å². The molecule has 3 rings (SSSR count). The predicted octanol–water partition coefficient (Wildman–Crippen LogP) is 5.32. The normalized spacial score (nSPS) is 14.8. The Labute approximate surface area is 181 Å². The first-order chi connectivity index (χ1) is 12.9. The van der Waals surface area contributed by atoms with Crippen molar-refractivity contribution in [2.24, 2.45) is 5.73 Å². The molecule has 0 radical (unpaired) electrons. The second-order valence-corrected chi connectivity index (χ2v) is 8.21. The first-order valence-corrected chi connectivity index (χ1v) is 10.1. The summed E-state index contributed by atoms with van der Waals surface area (Å²) in [5, 5.41) is 2.04. The molecule has 6 heteroatoms. The van der Waals surface area contributed by atoms with Crippen LogP contribution in [-0.2, 0) is 11.2 Å². The smallest absolute Gasteiger partial charge is 0.318 e. The van der Waals surface area contributed by atoms with Gasteiger partial charge in [0, 0.05) is 5.92 Å². The minimum absolute atomic E-state index is 0. The van der Waals surface area contributed by atoms with Gasteiger partial charge in [0.15, 0.2) is 0 Å². The van der Waals surface area contributed by atoms with Crippen LogP contribution < -0.4 is 11.1 Å². The van der Waals surface area contributed by atoms with Crippen LogP contribution in [0.4, 0.5) is 4.79 Å². The lowest BCUT2D eigenvalue weighted by molar-refractivity contribution is -0.122. The highest BCUT2D eigenvalue weighted by atomic mass is 79.9. The molecule has 4 nitrogen and oxygen atoms in total. The molecular formula is C22H28BrClN2O2. The second-order valence-electron chi connectivity index (χ2n) is 6.69. The first kappa shape index (κ1) is 24.2. The van der Waals surface area contributed by atoms with Crippen molar-refractivity contribution in [1.82, 2.24) is 5.32 Å². The molecule has 0 aromatic heterocycles. The quantitative estimate of drug-likeness (QED) is 0.597. The molecule has 0 aliphatic heterocycles. The summed E-state index contributed by atoms with van der Waals surface area (Å²) in [4.78, 5) is 21.6. The standard InChI is InChI=1S/C15H14.C7H13BrN2O2.ClH/c1-2-6-12(7-3-1)15-11-10-13-8-4-5-9-14(13)15;1-3-7(8,4-2)5(11)10-6(9)12;/h1-9,15H,10-11H2;3-4H2,1-2H3,(H3,9,10,11,12);1H. The van der Waals surface area contributed by atoms with Gasteiger partial charge in [0.25, 0.3) is 0 Å². The molecule has 3 N–H and O–H groups in total. The van der Waals surface area contributed by atoms with Gasteiger partial charge in [0.2, 0.25) is 5.91 Å². The van der Waals surface area contributed by atoms with E-state index >= 15 is 0 Å². The number of benzene rings is 2. The van der Waals surface area contributed by atoms with Crippen molar-refractivity contribution in [3.8, 4) is 0 Å². The number of imide groups is 1. The largest absolute Gasteiger partial charge is 0.351 e. The highest BCUT2D eigenvalue weighted by Gasteiger charge is 2.32. The van der Waals surface area contributed by atoms with Gasteiger partial charge in [0.1, 0.15) is 4.32 Å². The highest BCUT2D eigenvalue weighted by molar-refractivity contribution is 9.10. The van der Waals surface area contributed by atoms with Crippen LogP contribution in [0.3, 0.4) is 0 Å². The highest BCUT2D eigenvalue weighted by Crippen LogP contribution is 2.37. The average Bonchev–Trinajstić information content (AvgIpc) is 3.12. The third kappa shape index (κ3) is 6.08. The van der Waals surface area contributed by atoms with Gasteiger partial charge < -0.3 is 5.73 Å². The lowest BCUT2D eigenvalue weighted by Gasteiger charge is -2.21. The van der Waals surface area contributed by atoms with E-state index in [4.69, 9.17) is 5.73 Å². The Morgan fingerprint density at radius 1 is 1.07 bits per heavy atom. The summed E-state index contributed by atoms with van der Waals surface area (Å²) in [6.07, 6.45) is 3.73. The van der Waals surface area contributed by atoms with Gasteiger partial charge in [-0.2, -0.15) is 0 Å². The van der Waals surface area contributed by atoms with Crippen molar-refractivity contribution in [2.45, 2.75) is 49.8 Å². The van der Waals surface area contributed by atoms with Gasteiger partial charge >= 0.3 is 6.03 Å². The summed E-state index contributed by atoms with van der Waals surface area (Å²) in [7, 11) is 0. The third-order valence-corrected chi connectivity index (χ3v) is 6.58. The summed E-state index contributed by atoms with van der Waals surface area (Å²) in [6, 6.07) is 18.9. The number of carbonyl (C=O) groups excluding carboxylic acids is 2. The topological polar surface area (TPSA) is 72.2 Å². The molecule has 1 unspecified atom stereocenters. The number of alkyl halides is 1. The maximum absolute atomic E-state index is 11.3. The summed E-state index contributed by atoms with van der Waals surface area (Å²) < 4.78 is -0.665. The number of hydrogen-bond donors (Lipinski definition) is 2. The van der Waals surface area contributed by atoms with Crippen LogP contribution in [-0.4, -0.2) is 16.3 Å². The molecule has 0 fully saturated rings. The number of aryl methyl sites for hydroxylation is 1. The Kier molecular flexibility index (Phi) is 9.70. The van der Waals surface area contributed by atoms with E-state index < -0.39 is 10.4 Å². The van der Waals surface area contributed by atoms with E-state index in [-0.39, 0.29) is 18.3 Å². The summed E-state index contributed by atoms with van der Waals surface area (Å²) >= 11 is 3.26. The number of amides is 3. The zero-order valence-electron chi connectivity index (χ0n) is 16.3. The molecule has 1 aliphatic carbocycles. The minimum atomic E-state index is -0.814. The molecule has 2 aromatic rings. The Morgan fingerprint density at radius 3 is 2.21 bits per heavy atom. The van der Waals surface area contributed by atoms with Crippen molar-refractivity contribution in [3.05, 3.63) is 71.3 Å². The van der Waals surface area contributed by atoms with E-state index in [0.717, 1.165) is 0 Å². The maximum atomic E-state index is 11.3. The number of rotatable bonds is 4. The van der Waals surface area contributed by atoms with E-state index in [9.17, 15) is 9.59 Å². The average molecular weight is 468 g/mol. The molecule has 0 spiro atoms. The molecule has 2 aromatic carbocycles. The zero-order chi connectivity index (χ0) is 19.9. The van der Waals surface area contributed by atoms with Crippen LogP contribution in [0.1, 0.15) is 55.7 Å². The van der Waals surface area contributed by atoms with E-state index in [0.29, 0.717) is 18.8 Å². The lowest BCUT2D eigenvalue weighted by atomic mass is 9.93. The molecule has 0 saturated carbocycles. The molecule has 28 heavy (non-hydrogen) atoms. The number of nitrogens with one attached hydrogen (secondary N) is 1. The Hall–Kier alpha value is -1.85. The van der Waals surface area contributed by atoms with Crippen molar-refractivity contribution in [1.29, 1.82) is 0 Å². The van der Waals surface area contributed by atoms with E-state index in [1.807, 2.05) is 19.2 Å². The van der Waals surface area contributed by atoms with Crippen molar-refractivity contribution in [3.63, 3.8) is 0 Å². The minimum Gasteiger partial charge on any atom is -0.351 e. The number of urea groups is 1. The fraction of sp³-hybridized carbons (Fsp3) is 0.364. The summed E-state index contributed by atoms with van der Waals surface area (Å²) in [5.74, 6) is 0.252. The van der Waals surface area contributed by atoms with Gasteiger partial charge in [-0.05, 0) is 42.4 Å². The Balaban J connectivity index is 0.000000279. The third-order valence-electron chi connectivity index (χ3n) is 5.10. The van der Waals surface area contributed by atoms with Crippen LogP contribution in [0.25, 0.3) is 0 Å². The SMILES string of the molecule is CCC(Br)(CC)C(=O)NC(N)=O.Cl.c1ccc(C2CCc3ccccc32)cc1. The van der Waals surface area contributed by atoms with Gasteiger partial charge in [-0.15, -0.1) is 12.4 Å². The van der Waals surface area contributed by atoms with E-state index in [1.165, 1.54) is 29.5 Å². The monoisotopic (exact) mass is 466 g/mol. The number of primary amides is 1. The lowest BCUT2D eigenvalue weighted by Crippen LogP contribution is -2.46. The number of nitrogens with two attached hydrogens (primary N) is 1. The van der Waals surface area contributed by atoms with Crippen molar-refractivity contribution in [2.75, 3.05) is 0 Å². The molecule has 3 amide bonds. The second kappa shape index (κ2) is 11.2. The van der Waals surface area contributed by atoms with Gasteiger partial charge in [-0.25, -0.2) is 4.79 Å². The molecular weight excluding hydrogens is 440 g/mol. The molecule has 0 saturated heterocycles. The molecule has 0 heterocycles. The molecule has 0 bridgehead atoms. The molecule has 152 valence electrons. The molecule has 1 aliphatic rings. The van der Waals surface area contributed by atoms with Crippen molar-refractivity contribution >= 4 is 40.3 Å². The number of halogens is 2. The van der Waals surface area contributed by atoms with Gasteiger partial charge in [-0.3, -0.25) is 10.1 Å². The molecule has 1 atom stereocenters. The summed E-state index contributed by atoms with van der Waals surface area (Å²) in [5.41, 5.74) is 9.33. The van der Waals surface area contributed by atoms with Crippen molar-refractivity contribution < 1.29 is 9.59 Å². The van der Waals surface area contributed by atoms with Crippen LogP contribution >= 0.6 is 28.3 Å². The van der Waals surface area contributed by atoms with E-state index in [1.54, 1.807) is 0 Å². The first-order valence-electron chi connectivity index (χ1n) is 9.33. The van der Waals surface area contributed by atoms with Crippen LogP contribution in [0.2, 0.25) is 0 Å². The fourth-order valence-corrected chi connectivity index (χ4v) is 3.48. The predicted molar refractivity (Wildman–Crippen MR) is 120 cm³/mol. The maximum Gasteiger partial charge on any atom is 0.318 e. The number of fused-ring (bicyclic) bond motifs is 1. The van der Waals surface area contributed by atoms with Crippen LogP contribution in [0.5, 0.6) is 0 Å². The summed E-state index contributed by atoms with van der Waals surface area (Å²) in [6.45, 7) is 3.72. The van der Waals surface area contributed by atoms with Gasteiger partial charge in [0.05, 0.1) is 0 Å². The van der Waals surface area contributed by atoms with Crippen LogP contribution in [0, 0.1) is 0 Å². The Bertz CT molecular complexity index is 779. The Morgan fingerprint density at radius 2 is 1.64 bits per heavy atom. The van der Waals surface area contributed by atoms with Gasteiger partial charge in [-0.1, -0.05) is 84.4 Å².